The van der Waals surface area contributed by atoms with Gasteiger partial charge < -0.3 is 10.0 Å². The van der Waals surface area contributed by atoms with E-state index in [9.17, 15) is 9.90 Å². The molecule has 5 nitrogen and oxygen atoms in total. The number of carbonyl (C=O) groups excluding carboxylic acids is 1. The third-order valence-electron chi connectivity index (χ3n) is 5.17. The van der Waals surface area contributed by atoms with Gasteiger partial charge in [0.25, 0.3) is 5.91 Å². The van der Waals surface area contributed by atoms with Gasteiger partial charge in [0, 0.05) is 43.2 Å². The molecule has 0 saturated carbocycles. The second-order valence-corrected chi connectivity index (χ2v) is 7.24. The van der Waals surface area contributed by atoms with Crippen LogP contribution in [0.2, 0.25) is 0 Å². The van der Waals surface area contributed by atoms with E-state index in [-0.39, 0.29) is 18.4 Å². The molecule has 1 N–H and O–H groups in total. The van der Waals surface area contributed by atoms with Crippen molar-refractivity contribution in [2.45, 2.75) is 12.8 Å². The molecular formula is C24H23N3O2. The maximum absolute atomic E-state index is 13.1. The number of aliphatic hydroxyl groups excluding tert-OH is 1. The zero-order chi connectivity index (χ0) is 20.1. The Balaban J connectivity index is 1.68. The minimum absolute atomic E-state index is 0.0158. The molecule has 1 atom stereocenters. The molecule has 3 aromatic rings. The molecule has 1 unspecified atom stereocenters. The fourth-order valence-electron chi connectivity index (χ4n) is 3.62. The molecule has 5 heteroatoms. The minimum Gasteiger partial charge on any atom is -0.396 e. The number of hydrogen-bond acceptors (Lipinski definition) is 3. The predicted molar refractivity (Wildman–Crippen MR) is 112 cm³/mol. The summed E-state index contributed by atoms with van der Waals surface area (Å²) in [6, 6.07) is 17.2. The SMILES string of the molecule is O=C(c1ccc(-n2cccn2)c(C#Cc2ccccc2)c1)N1CCCC(CO)C1. The average molecular weight is 385 g/mol. The first-order valence-corrected chi connectivity index (χ1v) is 9.86. The standard InChI is InChI=1S/C24H23N3O2/c28-18-20-8-4-14-26(17-20)24(29)22-11-12-23(27-15-5-13-25-27)21(16-22)10-9-19-6-2-1-3-7-19/h1-3,5-7,11-13,15-16,20,28H,4,8,14,17-18H2. The molecule has 0 aliphatic carbocycles. The molecule has 1 fully saturated rings. The van der Waals surface area contributed by atoms with Crippen LogP contribution in [0.4, 0.5) is 0 Å². The van der Waals surface area contributed by atoms with E-state index in [1.165, 1.54) is 0 Å². The summed E-state index contributed by atoms with van der Waals surface area (Å²) in [6.07, 6.45) is 5.46. The topological polar surface area (TPSA) is 58.4 Å². The van der Waals surface area contributed by atoms with Gasteiger partial charge in [0.1, 0.15) is 0 Å². The monoisotopic (exact) mass is 385 g/mol. The van der Waals surface area contributed by atoms with Crippen molar-refractivity contribution in [2.75, 3.05) is 19.7 Å². The number of nitrogens with zero attached hydrogens (tertiary/aromatic N) is 3. The summed E-state index contributed by atoms with van der Waals surface area (Å²) in [4.78, 5) is 14.9. The number of rotatable bonds is 3. The molecule has 2 heterocycles. The van der Waals surface area contributed by atoms with E-state index in [1.54, 1.807) is 10.9 Å². The maximum atomic E-state index is 13.1. The Morgan fingerprint density at radius 2 is 2.00 bits per heavy atom. The first-order valence-electron chi connectivity index (χ1n) is 9.86. The Morgan fingerprint density at radius 1 is 1.14 bits per heavy atom. The molecule has 2 aromatic carbocycles. The van der Waals surface area contributed by atoms with Crippen molar-refractivity contribution in [3.05, 3.63) is 83.7 Å². The number of aromatic nitrogens is 2. The third-order valence-corrected chi connectivity index (χ3v) is 5.17. The van der Waals surface area contributed by atoms with Crippen LogP contribution in [0.15, 0.2) is 67.0 Å². The van der Waals surface area contributed by atoms with Gasteiger partial charge in [-0.15, -0.1) is 0 Å². The van der Waals surface area contributed by atoms with Crippen LogP contribution in [0, 0.1) is 17.8 Å². The highest BCUT2D eigenvalue weighted by Crippen LogP contribution is 2.21. The minimum atomic E-state index is -0.0158. The molecule has 146 valence electrons. The average Bonchev–Trinajstić information content (AvgIpc) is 3.32. The zero-order valence-electron chi connectivity index (χ0n) is 16.2. The van der Waals surface area contributed by atoms with E-state index >= 15 is 0 Å². The fraction of sp³-hybridized carbons (Fsp3) is 0.250. The highest BCUT2D eigenvalue weighted by atomic mass is 16.3. The second-order valence-electron chi connectivity index (χ2n) is 7.24. The molecule has 1 aromatic heterocycles. The van der Waals surface area contributed by atoms with Crippen LogP contribution < -0.4 is 0 Å². The Bertz CT molecular complexity index is 1030. The van der Waals surface area contributed by atoms with Crippen LogP contribution in [0.3, 0.4) is 0 Å². The summed E-state index contributed by atoms with van der Waals surface area (Å²) >= 11 is 0. The van der Waals surface area contributed by atoms with E-state index in [0.717, 1.165) is 36.2 Å². The van der Waals surface area contributed by atoms with Crippen molar-refractivity contribution in [3.8, 4) is 17.5 Å². The van der Waals surface area contributed by atoms with Crippen molar-refractivity contribution in [1.82, 2.24) is 14.7 Å². The molecule has 1 saturated heterocycles. The normalized spacial score (nSPS) is 16.2. The second kappa shape index (κ2) is 8.76. The zero-order valence-corrected chi connectivity index (χ0v) is 16.2. The van der Waals surface area contributed by atoms with Crippen molar-refractivity contribution in [2.24, 2.45) is 5.92 Å². The number of carbonyl (C=O) groups is 1. The van der Waals surface area contributed by atoms with Crippen LogP contribution in [-0.4, -0.2) is 45.4 Å². The quantitative estimate of drug-likeness (QED) is 0.705. The van der Waals surface area contributed by atoms with Gasteiger partial charge in [-0.2, -0.15) is 5.10 Å². The molecule has 0 radical (unpaired) electrons. The summed E-state index contributed by atoms with van der Waals surface area (Å²) in [6.45, 7) is 1.44. The van der Waals surface area contributed by atoms with E-state index < -0.39 is 0 Å². The van der Waals surface area contributed by atoms with Crippen LogP contribution in [0.1, 0.15) is 34.3 Å². The van der Waals surface area contributed by atoms with Gasteiger partial charge in [-0.1, -0.05) is 30.0 Å². The summed E-state index contributed by atoms with van der Waals surface area (Å²) in [5.41, 5.74) is 3.11. The van der Waals surface area contributed by atoms with Gasteiger partial charge in [0.15, 0.2) is 0 Å². The lowest BCUT2D eigenvalue weighted by atomic mass is 9.98. The molecule has 1 aliphatic heterocycles. The number of likely N-dealkylation sites (tertiary alicyclic amines) is 1. The third kappa shape index (κ3) is 4.39. The molecule has 1 amide bonds. The number of benzene rings is 2. The first kappa shape index (κ1) is 19.0. The Morgan fingerprint density at radius 3 is 2.76 bits per heavy atom. The van der Waals surface area contributed by atoms with Gasteiger partial charge in [0.2, 0.25) is 0 Å². The molecule has 0 spiro atoms. The van der Waals surface area contributed by atoms with Crippen molar-refractivity contribution in [3.63, 3.8) is 0 Å². The summed E-state index contributed by atoms with van der Waals surface area (Å²) in [5.74, 6) is 6.54. The van der Waals surface area contributed by atoms with Gasteiger partial charge in [-0.3, -0.25) is 4.79 Å². The van der Waals surface area contributed by atoms with E-state index in [2.05, 4.69) is 16.9 Å². The lowest BCUT2D eigenvalue weighted by molar-refractivity contribution is 0.0620. The van der Waals surface area contributed by atoms with E-state index in [0.29, 0.717) is 12.1 Å². The lowest BCUT2D eigenvalue weighted by Crippen LogP contribution is -2.41. The smallest absolute Gasteiger partial charge is 0.253 e. The Kier molecular flexibility index (Phi) is 5.73. The highest BCUT2D eigenvalue weighted by molar-refractivity contribution is 5.95. The number of amides is 1. The van der Waals surface area contributed by atoms with Gasteiger partial charge in [0.05, 0.1) is 11.3 Å². The predicted octanol–water partition coefficient (Wildman–Crippen LogP) is 3.12. The van der Waals surface area contributed by atoms with E-state index in [1.807, 2.05) is 65.7 Å². The summed E-state index contributed by atoms with van der Waals surface area (Å²) in [5, 5.41) is 13.8. The number of aliphatic hydroxyl groups is 1. The summed E-state index contributed by atoms with van der Waals surface area (Å²) in [7, 11) is 0. The molecule has 1 aliphatic rings. The highest BCUT2D eigenvalue weighted by Gasteiger charge is 2.24. The van der Waals surface area contributed by atoms with Crippen LogP contribution >= 0.6 is 0 Å². The van der Waals surface area contributed by atoms with Gasteiger partial charge in [-0.05, 0) is 55.2 Å². The molecular weight excluding hydrogens is 362 g/mol. The summed E-state index contributed by atoms with van der Waals surface area (Å²) < 4.78 is 1.76. The van der Waals surface area contributed by atoms with Crippen LogP contribution in [0.25, 0.3) is 5.69 Å². The Hall–Kier alpha value is -3.36. The van der Waals surface area contributed by atoms with Gasteiger partial charge >= 0.3 is 0 Å². The van der Waals surface area contributed by atoms with Crippen molar-refractivity contribution < 1.29 is 9.90 Å². The van der Waals surface area contributed by atoms with Gasteiger partial charge in [-0.25, -0.2) is 4.68 Å². The molecule has 4 rings (SSSR count). The van der Waals surface area contributed by atoms with Crippen LogP contribution in [-0.2, 0) is 0 Å². The molecule has 29 heavy (non-hydrogen) atoms. The van der Waals surface area contributed by atoms with Crippen molar-refractivity contribution in [1.29, 1.82) is 0 Å². The van der Waals surface area contributed by atoms with E-state index in [4.69, 9.17) is 0 Å². The first-order chi connectivity index (χ1) is 14.2. The number of piperidine rings is 1. The largest absolute Gasteiger partial charge is 0.396 e. The Labute approximate surface area is 170 Å². The molecule has 0 bridgehead atoms. The fourth-order valence-corrected chi connectivity index (χ4v) is 3.62. The van der Waals surface area contributed by atoms with Crippen molar-refractivity contribution >= 4 is 5.91 Å². The lowest BCUT2D eigenvalue weighted by Gasteiger charge is -2.32. The number of hydrogen-bond donors (Lipinski definition) is 1. The van der Waals surface area contributed by atoms with Crippen LogP contribution in [0.5, 0.6) is 0 Å². The maximum Gasteiger partial charge on any atom is 0.253 e.